The molecule has 0 spiro atoms. The smallest absolute Gasteiger partial charge is 0.0818 e. The maximum absolute atomic E-state index is 10.3. The van der Waals surface area contributed by atoms with Crippen molar-refractivity contribution in [3.63, 3.8) is 0 Å². The van der Waals surface area contributed by atoms with Crippen molar-refractivity contribution in [3.05, 3.63) is 35.9 Å². The molecule has 4 heteroatoms. The number of benzene rings is 1. The standard InChI is InChI=1S/C18H32N2OS/c1-14(2)12-22-13-18(3,4)20-11-17(21)16(19)10-15-8-6-5-7-9-15/h5-9,14,16-17,20-21H,10-13,19H2,1-4H3/t16-,17+/m0/s1. The highest BCUT2D eigenvalue weighted by Gasteiger charge is 2.21. The number of β-amino-alcohol motifs (C(OH)–C–C–N with tert-alkyl or cyclic N) is 1. The second kappa shape index (κ2) is 9.56. The summed E-state index contributed by atoms with van der Waals surface area (Å²) in [6.07, 6.45) is 0.168. The molecule has 0 fully saturated rings. The Kier molecular flexibility index (Phi) is 8.47. The Morgan fingerprint density at radius 3 is 2.45 bits per heavy atom. The van der Waals surface area contributed by atoms with Crippen LogP contribution in [0.25, 0.3) is 0 Å². The molecular weight excluding hydrogens is 292 g/mol. The molecule has 0 heterocycles. The minimum Gasteiger partial charge on any atom is -0.390 e. The average molecular weight is 325 g/mol. The van der Waals surface area contributed by atoms with Crippen LogP contribution in [0.15, 0.2) is 30.3 Å². The van der Waals surface area contributed by atoms with Gasteiger partial charge in [0, 0.05) is 23.9 Å². The molecular formula is C18H32N2OS. The molecule has 1 rings (SSSR count). The van der Waals surface area contributed by atoms with Crippen LogP contribution in [0.4, 0.5) is 0 Å². The summed E-state index contributed by atoms with van der Waals surface area (Å²) < 4.78 is 0. The van der Waals surface area contributed by atoms with Gasteiger partial charge in [-0.1, -0.05) is 44.2 Å². The molecule has 0 bridgehead atoms. The van der Waals surface area contributed by atoms with Crippen molar-refractivity contribution in [2.24, 2.45) is 11.7 Å². The lowest BCUT2D eigenvalue weighted by Crippen LogP contribution is -2.50. The number of nitrogens with two attached hydrogens (primary N) is 1. The topological polar surface area (TPSA) is 58.3 Å². The van der Waals surface area contributed by atoms with Crippen molar-refractivity contribution >= 4 is 11.8 Å². The molecule has 2 atom stereocenters. The molecule has 1 aromatic rings. The predicted octanol–water partition coefficient (Wildman–Crippen LogP) is 2.67. The van der Waals surface area contributed by atoms with Crippen molar-refractivity contribution in [2.45, 2.75) is 51.8 Å². The Morgan fingerprint density at radius 2 is 1.86 bits per heavy atom. The number of nitrogens with one attached hydrogen (secondary N) is 1. The largest absolute Gasteiger partial charge is 0.390 e. The number of hydrogen-bond acceptors (Lipinski definition) is 4. The number of hydrogen-bond donors (Lipinski definition) is 3. The highest BCUT2D eigenvalue weighted by Crippen LogP contribution is 2.15. The molecule has 0 amide bonds. The van der Waals surface area contributed by atoms with Gasteiger partial charge in [0.1, 0.15) is 0 Å². The minimum atomic E-state index is -0.533. The van der Waals surface area contributed by atoms with Crippen LogP contribution in [0.3, 0.4) is 0 Å². The number of aliphatic hydroxyl groups excluding tert-OH is 1. The van der Waals surface area contributed by atoms with Crippen LogP contribution >= 0.6 is 11.8 Å². The van der Waals surface area contributed by atoms with E-state index in [0.29, 0.717) is 18.9 Å². The van der Waals surface area contributed by atoms with Gasteiger partial charge < -0.3 is 16.2 Å². The van der Waals surface area contributed by atoms with E-state index in [0.717, 1.165) is 5.75 Å². The normalized spacial score (nSPS) is 15.0. The van der Waals surface area contributed by atoms with Crippen LogP contribution in [-0.4, -0.2) is 40.8 Å². The molecule has 22 heavy (non-hydrogen) atoms. The SMILES string of the molecule is CC(C)CSCC(C)(C)NC[C@@H](O)[C@@H](N)Cc1ccccc1. The molecule has 1 aromatic carbocycles. The molecule has 0 aromatic heterocycles. The predicted molar refractivity (Wildman–Crippen MR) is 98.4 cm³/mol. The van der Waals surface area contributed by atoms with Gasteiger partial charge in [0.2, 0.25) is 0 Å². The molecule has 126 valence electrons. The first-order chi connectivity index (χ1) is 10.3. The van der Waals surface area contributed by atoms with E-state index in [4.69, 9.17) is 5.73 Å². The maximum atomic E-state index is 10.3. The van der Waals surface area contributed by atoms with Gasteiger partial charge in [0.25, 0.3) is 0 Å². The Bertz CT molecular complexity index is 409. The molecule has 4 N–H and O–H groups in total. The summed E-state index contributed by atoms with van der Waals surface area (Å²) in [5, 5.41) is 13.7. The molecule has 0 aliphatic carbocycles. The van der Waals surface area contributed by atoms with Crippen LogP contribution in [0.2, 0.25) is 0 Å². The van der Waals surface area contributed by atoms with E-state index < -0.39 is 6.10 Å². The highest BCUT2D eigenvalue weighted by molar-refractivity contribution is 7.99. The molecule has 0 aliphatic rings. The van der Waals surface area contributed by atoms with E-state index in [2.05, 4.69) is 33.0 Å². The van der Waals surface area contributed by atoms with E-state index in [-0.39, 0.29) is 11.6 Å². The summed E-state index contributed by atoms with van der Waals surface area (Å²) in [6, 6.07) is 9.85. The first-order valence-electron chi connectivity index (χ1n) is 8.10. The summed E-state index contributed by atoms with van der Waals surface area (Å²) in [4.78, 5) is 0. The third-order valence-electron chi connectivity index (χ3n) is 3.51. The van der Waals surface area contributed by atoms with Gasteiger partial charge in [-0.3, -0.25) is 0 Å². The molecule has 0 saturated carbocycles. The Morgan fingerprint density at radius 1 is 1.23 bits per heavy atom. The van der Waals surface area contributed by atoms with Gasteiger partial charge in [-0.05, 0) is 37.5 Å². The first kappa shape index (κ1) is 19.5. The first-order valence-corrected chi connectivity index (χ1v) is 9.26. The van der Waals surface area contributed by atoms with E-state index in [1.807, 2.05) is 42.1 Å². The fraction of sp³-hybridized carbons (Fsp3) is 0.667. The Balaban J connectivity index is 2.32. The van der Waals surface area contributed by atoms with E-state index >= 15 is 0 Å². The zero-order valence-corrected chi connectivity index (χ0v) is 15.2. The van der Waals surface area contributed by atoms with Crippen molar-refractivity contribution in [1.82, 2.24) is 5.32 Å². The molecule has 3 nitrogen and oxygen atoms in total. The zero-order valence-electron chi connectivity index (χ0n) is 14.4. The summed E-state index contributed by atoms with van der Waals surface area (Å²) in [5.41, 5.74) is 7.30. The summed E-state index contributed by atoms with van der Waals surface area (Å²) in [7, 11) is 0. The quantitative estimate of drug-likeness (QED) is 0.619. The minimum absolute atomic E-state index is 0.00695. The fourth-order valence-corrected chi connectivity index (χ4v) is 3.36. The Labute approximate surface area is 140 Å². The van der Waals surface area contributed by atoms with Gasteiger partial charge in [-0.25, -0.2) is 0 Å². The van der Waals surface area contributed by atoms with Crippen molar-refractivity contribution in [3.8, 4) is 0 Å². The zero-order chi connectivity index (χ0) is 16.6. The van der Waals surface area contributed by atoms with Crippen molar-refractivity contribution in [2.75, 3.05) is 18.1 Å². The van der Waals surface area contributed by atoms with Crippen LogP contribution in [0.1, 0.15) is 33.3 Å². The number of thioether (sulfide) groups is 1. The number of aliphatic hydroxyl groups is 1. The van der Waals surface area contributed by atoms with Crippen molar-refractivity contribution in [1.29, 1.82) is 0 Å². The van der Waals surface area contributed by atoms with Crippen LogP contribution < -0.4 is 11.1 Å². The van der Waals surface area contributed by atoms with Gasteiger partial charge in [-0.2, -0.15) is 11.8 Å². The molecule has 0 radical (unpaired) electrons. The lowest BCUT2D eigenvalue weighted by molar-refractivity contribution is 0.133. The molecule has 0 unspecified atom stereocenters. The van der Waals surface area contributed by atoms with Crippen LogP contribution in [0, 0.1) is 5.92 Å². The monoisotopic (exact) mass is 324 g/mol. The van der Waals surface area contributed by atoms with Gasteiger partial charge >= 0.3 is 0 Å². The summed E-state index contributed by atoms with van der Waals surface area (Å²) in [5.74, 6) is 2.91. The van der Waals surface area contributed by atoms with E-state index in [1.54, 1.807) is 0 Å². The van der Waals surface area contributed by atoms with E-state index in [9.17, 15) is 5.11 Å². The van der Waals surface area contributed by atoms with Gasteiger partial charge in [-0.15, -0.1) is 0 Å². The lowest BCUT2D eigenvalue weighted by atomic mass is 10.0. The number of rotatable bonds is 10. The average Bonchev–Trinajstić information content (AvgIpc) is 2.45. The second-order valence-corrected chi connectivity index (χ2v) is 8.12. The summed E-state index contributed by atoms with van der Waals surface area (Å²) >= 11 is 1.96. The molecule has 0 saturated heterocycles. The van der Waals surface area contributed by atoms with Crippen LogP contribution in [0.5, 0.6) is 0 Å². The third kappa shape index (κ3) is 8.18. The highest BCUT2D eigenvalue weighted by atomic mass is 32.2. The maximum Gasteiger partial charge on any atom is 0.0818 e. The van der Waals surface area contributed by atoms with Gasteiger partial charge in [0.15, 0.2) is 0 Å². The third-order valence-corrected chi connectivity index (χ3v) is 5.34. The molecule has 0 aliphatic heterocycles. The fourth-order valence-electron chi connectivity index (χ4n) is 2.16. The summed E-state index contributed by atoms with van der Waals surface area (Å²) in [6.45, 7) is 9.36. The van der Waals surface area contributed by atoms with Crippen LogP contribution in [-0.2, 0) is 6.42 Å². The van der Waals surface area contributed by atoms with E-state index in [1.165, 1.54) is 11.3 Å². The Hall–Kier alpha value is -0.550. The second-order valence-electron chi connectivity index (χ2n) is 7.09. The van der Waals surface area contributed by atoms with Gasteiger partial charge in [0.05, 0.1) is 6.10 Å². The lowest BCUT2D eigenvalue weighted by Gasteiger charge is -2.29. The van der Waals surface area contributed by atoms with Crippen molar-refractivity contribution < 1.29 is 5.11 Å².